The smallest absolute Gasteiger partial charge is 0.0762 e. The molecule has 3 nitrogen and oxygen atoms in total. The molecule has 0 spiro atoms. The fourth-order valence-electron chi connectivity index (χ4n) is 2.89. The van der Waals surface area contributed by atoms with Crippen LogP contribution in [0.2, 0.25) is 0 Å². The maximum absolute atomic E-state index is 4.58. The molecular formula is C15H25N3. The van der Waals surface area contributed by atoms with E-state index in [1.165, 1.54) is 37.9 Å². The molecule has 0 aliphatic heterocycles. The number of hydrogen-bond donors (Lipinski definition) is 1. The van der Waals surface area contributed by atoms with E-state index in [1.54, 1.807) is 0 Å². The molecule has 2 fully saturated rings. The van der Waals surface area contributed by atoms with E-state index in [1.807, 2.05) is 4.68 Å². The van der Waals surface area contributed by atoms with Crippen molar-refractivity contribution >= 4 is 0 Å². The lowest BCUT2D eigenvalue weighted by atomic mass is 9.98. The molecule has 100 valence electrons. The third-order valence-electron chi connectivity index (χ3n) is 4.33. The van der Waals surface area contributed by atoms with Crippen molar-refractivity contribution in [1.82, 2.24) is 15.1 Å². The second-order valence-corrected chi connectivity index (χ2v) is 6.35. The Morgan fingerprint density at radius 1 is 1.28 bits per heavy atom. The van der Waals surface area contributed by atoms with Crippen LogP contribution in [0.25, 0.3) is 0 Å². The van der Waals surface area contributed by atoms with Crippen LogP contribution in [-0.4, -0.2) is 16.3 Å². The molecule has 0 saturated heterocycles. The van der Waals surface area contributed by atoms with Gasteiger partial charge in [-0.2, -0.15) is 5.10 Å². The zero-order valence-corrected chi connectivity index (χ0v) is 11.6. The van der Waals surface area contributed by atoms with E-state index in [9.17, 15) is 0 Å². The Morgan fingerprint density at radius 2 is 1.94 bits per heavy atom. The van der Waals surface area contributed by atoms with Crippen LogP contribution in [-0.2, 0) is 6.54 Å². The third kappa shape index (κ3) is 2.94. The van der Waals surface area contributed by atoms with Gasteiger partial charge in [0.15, 0.2) is 0 Å². The van der Waals surface area contributed by atoms with E-state index in [0.29, 0.717) is 6.04 Å². The predicted octanol–water partition coefficient (Wildman–Crippen LogP) is 2.99. The molecule has 2 aliphatic carbocycles. The second-order valence-electron chi connectivity index (χ2n) is 6.35. The first-order valence-corrected chi connectivity index (χ1v) is 7.49. The van der Waals surface area contributed by atoms with Gasteiger partial charge in [-0.05, 0) is 69.9 Å². The molecule has 18 heavy (non-hydrogen) atoms. The van der Waals surface area contributed by atoms with Crippen LogP contribution in [0.4, 0.5) is 0 Å². The number of aromatic nitrogens is 2. The van der Waals surface area contributed by atoms with E-state index >= 15 is 0 Å². The van der Waals surface area contributed by atoms with Gasteiger partial charge in [0, 0.05) is 18.8 Å². The molecule has 1 aromatic rings. The fourth-order valence-corrected chi connectivity index (χ4v) is 2.89. The summed E-state index contributed by atoms with van der Waals surface area (Å²) in [6.45, 7) is 6.46. The van der Waals surface area contributed by atoms with Gasteiger partial charge in [-0.3, -0.25) is 4.68 Å². The molecule has 0 atom stereocenters. The van der Waals surface area contributed by atoms with E-state index < -0.39 is 0 Å². The van der Waals surface area contributed by atoms with Crippen LogP contribution >= 0.6 is 0 Å². The lowest BCUT2D eigenvalue weighted by molar-refractivity contribution is 0.377. The van der Waals surface area contributed by atoms with Gasteiger partial charge in [-0.15, -0.1) is 0 Å². The number of rotatable bonds is 7. The van der Waals surface area contributed by atoms with Gasteiger partial charge in [-0.1, -0.05) is 0 Å². The quantitative estimate of drug-likeness (QED) is 0.802. The summed E-state index contributed by atoms with van der Waals surface area (Å²) in [6, 6.07) is 2.60. The van der Waals surface area contributed by atoms with Crippen LogP contribution in [0.5, 0.6) is 0 Å². The average molecular weight is 247 g/mol. The molecule has 0 aromatic carbocycles. The molecular weight excluding hydrogens is 222 g/mol. The van der Waals surface area contributed by atoms with Gasteiger partial charge in [-0.25, -0.2) is 0 Å². The average Bonchev–Trinajstić information content (AvgIpc) is 3.25. The van der Waals surface area contributed by atoms with Gasteiger partial charge in [0.2, 0.25) is 0 Å². The number of hydrogen-bond acceptors (Lipinski definition) is 2. The van der Waals surface area contributed by atoms with Crippen LogP contribution in [0.15, 0.2) is 12.3 Å². The molecule has 0 bridgehead atoms. The summed E-state index contributed by atoms with van der Waals surface area (Å²) in [5.74, 6) is 3.04. The zero-order valence-electron chi connectivity index (χ0n) is 11.6. The highest BCUT2D eigenvalue weighted by molar-refractivity contribution is 5.00. The molecule has 3 heteroatoms. The van der Waals surface area contributed by atoms with Crippen molar-refractivity contribution in [2.75, 3.05) is 6.54 Å². The highest BCUT2D eigenvalue weighted by Crippen LogP contribution is 2.48. The maximum Gasteiger partial charge on any atom is 0.0762 e. The van der Waals surface area contributed by atoms with Crippen molar-refractivity contribution in [2.45, 2.75) is 52.1 Å². The van der Waals surface area contributed by atoms with Crippen molar-refractivity contribution in [3.8, 4) is 0 Å². The van der Waals surface area contributed by atoms with E-state index in [0.717, 1.165) is 24.3 Å². The zero-order chi connectivity index (χ0) is 12.5. The van der Waals surface area contributed by atoms with E-state index in [2.05, 4.69) is 36.5 Å². The number of nitrogens with zero attached hydrogens (tertiary/aromatic N) is 2. The molecule has 0 amide bonds. The highest BCUT2D eigenvalue weighted by atomic mass is 15.3. The Balaban J connectivity index is 1.45. The molecule has 2 saturated carbocycles. The third-order valence-corrected chi connectivity index (χ3v) is 4.33. The molecule has 0 unspecified atom stereocenters. The molecule has 1 aromatic heterocycles. The Bertz CT molecular complexity index is 376. The largest absolute Gasteiger partial charge is 0.311 e. The Labute approximate surface area is 110 Å². The summed E-state index contributed by atoms with van der Waals surface area (Å²) in [7, 11) is 0. The van der Waals surface area contributed by atoms with Gasteiger partial charge in [0.25, 0.3) is 0 Å². The maximum atomic E-state index is 4.58. The molecule has 1 N–H and O–H groups in total. The lowest BCUT2D eigenvalue weighted by Crippen LogP contribution is -2.25. The Kier molecular flexibility index (Phi) is 3.42. The minimum atomic E-state index is 0.462. The van der Waals surface area contributed by atoms with E-state index in [-0.39, 0.29) is 0 Å². The fraction of sp³-hybridized carbons (Fsp3) is 0.800. The molecule has 0 radical (unpaired) electrons. The summed E-state index contributed by atoms with van der Waals surface area (Å²) < 4.78 is 2.04. The first-order valence-electron chi connectivity index (χ1n) is 7.49. The monoisotopic (exact) mass is 247 g/mol. The topological polar surface area (TPSA) is 29.9 Å². The first-order chi connectivity index (χ1) is 8.74. The van der Waals surface area contributed by atoms with Crippen molar-refractivity contribution in [3.63, 3.8) is 0 Å². The standard InChI is InChI=1S/C15H25N3/c1-11(2)18-8-7-14(17-18)9-16-10-15(12-3-4-12)13-5-6-13/h7-8,11-13,15-16H,3-6,9-10H2,1-2H3. The van der Waals surface area contributed by atoms with Gasteiger partial charge < -0.3 is 5.32 Å². The van der Waals surface area contributed by atoms with Crippen molar-refractivity contribution < 1.29 is 0 Å². The number of nitrogens with one attached hydrogen (secondary N) is 1. The van der Waals surface area contributed by atoms with Gasteiger partial charge in [0.05, 0.1) is 5.69 Å². The van der Waals surface area contributed by atoms with Crippen LogP contribution in [0.1, 0.15) is 51.3 Å². The highest BCUT2D eigenvalue weighted by Gasteiger charge is 2.40. The van der Waals surface area contributed by atoms with Crippen LogP contribution in [0, 0.1) is 17.8 Å². The van der Waals surface area contributed by atoms with Crippen molar-refractivity contribution in [1.29, 1.82) is 0 Å². The molecule has 1 heterocycles. The Hall–Kier alpha value is -0.830. The molecule has 3 rings (SSSR count). The predicted molar refractivity (Wildman–Crippen MR) is 73.3 cm³/mol. The van der Waals surface area contributed by atoms with Crippen molar-refractivity contribution in [3.05, 3.63) is 18.0 Å². The van der Waals surface area contributed by atoms with E-state index in [4.69, 9.17) is 0 Å². The summed E-state index contributed by atoms with van der Waals surface area (Å²) in [5.41, 5.74) is 1.18. The summed E-state index contributed by atoms with van der Waals surface area (Å²) in [4.78, 5) is 0. The molecule has 2 aliphatic rings. The second kappa shape index (κ2) is 5.04. The lowest BCUT2D eigenvalue weighted by Gasteiger charge is -2.15. The van der Waals surface area contributed by atoms with Crippen LogP contribution in [0.3, 0.4) is 0 Å². The summed E-state index contributed by atoms with van der Waals surface area (Å²) in [5, 5.41) is 8.20. The van der Waals surface area contributed by atoms with Crippen molar-refractivity contribution in [2.24, 2.45) is 17.8 Å². The SMILES string of the molecule is CC(C)n1ccc(CNCC(C2CC2)C2CC2)n1. The normalized spacial score (nSPS) is 20.0. The first kappa shape index (κ1) is 12.2. The van der Waals surface area contributed by atoms with Crippen LogP contribution < -0.4 is 5.32 Å². The van der Waals surface area contributed by atoms with Gasteiger partial charge in [0.1, 0.15) is 0 Å². The minimum absolute atomic E-state index is 0.462. The summed E-state index contributed by atoms with van der Waals surface area (Å²) >= 11 is 0. The van der Waals surface area contributed by atoms with Gasteiger partial charge >= 0.3 is 0 Å². The summed E-state index contributed by atoms with van der Waals surface area (Å²) in [6.07, 6.45) is 7.99. The Morgan fingerprint density at radius 3 is 2.44 bits per heavy atom. The minimum Gasteiger partial charge on any atom is -0.311 e.